The largest absolute Gasteiger partial charge is 0.321 e. The zero-order valence-corrected chi connectivity index (χ0v) is 16.2. The summed E-state index contributed by atoms with van der Waals surface area (Å²) in [6.45, 7) is 0. The molecule has 0 spiro atoms. The van der Waals surface area contributed by atoms with E-state index in [1.807, 2.05) is 6.07 Å². The van der Waals surface area contributed by atoms with E-state index >= 15 is 0 Å². The summed E-state index contributed by atoms with van der Waals surface area (Å²) in [5.74, 6) is -1.10. The number of aryl methyl sites for hydroxylation is 2. The van der Waals surface area contributed by atoms with Gasteiger partial charge in [0.2, 0.25) is 0 Å². The van der Waals surface area contributed by atoms with Gasteiger partial charge in [-0.25, -0.2) is 0 Å². The SMILES string of the molecule is O=C(NNC(=O)c1cc2c(s1)CCC2)c1ccc(NC(=O)c2ccccn2)cc1. The first-order chi connectivity index (χ1) is 14.1. The molecular weight excluding hydrogens is 388 g/mol. The Morgan fingerprint density at radius 1 is 0.897 bits per heavy atom. The second-order valence-corrected chi connectivity index (χ2v) is 7.70. The van der Waals surface area contributed by atoms with Crippen LogP contribution >= 0.6 is 11.3 Å². The van der Waals surface area contributed by atoms with E-state index in [1.54, 1.807) is 48.7 Å². The quantitative estimate of drug-likeness (QED) is 0.580. The Morgan fingerprint density at radius 2 is 1.69 bits per heavy atom. The summed E-state index contributed by atoms with van der Waals surface area (Å²) in [5, 5.41) is 2.71. The number of hydrogen-bond donors (Lipinski definition) is 3. The Balaban J connectivity index is 1.32. The number of rotatable bonds is 4. The van der Waals surface area contributed by atoms with Gasteiger partial charge in [-0.2, -0.15) is 0 Å². The Bertz CT molecular complexity index is 1040. The van der Waals surface area contributed by atoms with Crippen LogP contribution in [0.15, 0.2) is 54.7 Å². The van der Waals surface area contributed by atoms with E-state index in [4.69, 9.17) is 0 Å². The van der Waals surface area contributed by atoms with Crippen LogP contribution in [0.3, 0.4) is 0 Å². The van der Waals surface area contributed by atoms with Crippen LogP contribution in [-0.2, 0) is 12.8 Å². The molecule has 0 atom stereocenters. The van der Waals surface area contributed by atoms with E-state index in [9.17, 15) is 14.4 Å². The highest BCUT2D eigenvalue weighted by molar-refractivity contribution is 7.14. The maximum absolute atomic E-state index is 12.3. The molecule has 0 aliphatic heterocycles. The monoisotopic (exact) mass is 406 g/mol. The van der Waals surface area contributed by atoms with Crippen molar-refractivity contribution >= 4 is 34.7 Å². The summed E-state index contributed by atoms with van der Waals surface area (Å²) < 4.78 is 0. The molecule has 0 radical (unpaired) electrons. The summed E-state index contributed by atoms with van der Waals surface area (Å²) in [5.41, 5.74) is 7.29. The summed E-state index contributed by atoms with van der Waals surface area (Å²) in [6, 6.07) is 13.3. The van der Waals surface area contributed by atoms with Gasteiger partial charge in [-0.05, 0) is 67.3 Å². The molecule has 1 aliphatic carbocycles. The number of pyridine rings is 1. The van der Waals surface area contributed by atoms with Gasteiger partial charge in [-0.1, -0.05) is 6.07 Å². The van der Waals surface area contributed by atoms with Gasteiger partial charge in [0.15, 0.2) is 0 Å². The second-order valence-electron chi connectivity index (χ2n) is 6.57. The highest BCUT2D eigenvalue weighted by Crippen LogP contribution is 2.30. The fourth-order valence-corrected chi connectivity index (χ4v) is 4.23. The van der Waals surface area contributed by atoms with Gasteiger partial charge in [0.25, 0.3) is 17.7 Å². The van der Waals surface area contributed by atoms with Crippen molar-refractivity contribution in [2.45, 2.75) is 19.3 Å². The van der Waals surface area contributed by atoms with E-state index in [0.717, 1.165) is 19.3 Å². The average Bonchev–Trinajstić information content (AvgIpc) is 3.35. The molecule has 0 bridgehead atoms. The number of anilines is 1. The molecule has 1 aliphatic rings. The van der Waals surface area contributed by atoms with E-state index in [1.165, 1.54) is 21.8 Å². The van der Waals surface area contributed by atoms with Gasteiger partial charge in [-0.15, -0.1) is 11.3 Å². The number of carbonyl (C=O) groups is 3. The van der Waals surface area contributed by atoms with Crippen LogP contribution in [-0.4, -0.2) is 22.7 Å². The van der Waals surface area contributed by atoms with Crippen LogP contribution in [0.5, 0.6) is 0 Å². The van der Waals surface area contributed by atoms with Crippen molar-refractivity contribution in [3.8, 4) is 0 Å². The Morgan fingerprint density at radius 3 is 2.41 bits per heavy atom. The molecule has 2 aromatic heterocycles. The highest BCUT2D eigenvalue weighted by Gasteiger charge is 2.19. The topological polar surface area (TPSA) is 100 Å². The Labute approximate surface area is 171 Å². The minimum absolute atomic E-state index is 0.302. The normalized spacial score (nSPS) is 12.1. The van der Waals surface area contributed by atoms with Crippen LogP contribution in [0, 0.1) is 0 Å². The maximum atomic E-state index is 12.3. The first kappa shape index (κ1) is 18.8. The Hall–Kier alpha value is -3.52. The number of amides is 3. The number of nitrogens with one attached hydrogen (secondary N) is 3. The van der Waals surface area contributed by atoms with Crippen molar-refractivity contribution in [2.75, 3.05) is 5.32 Å². The molecule has 146 valence electrons. The highest BCUT2D eigenvalue weighted by atomic mass is 32.1. The van der Waals surface area contributed by atoms with Crippen LogP contribution < -0.4 is 16.2 Å². The van der Waals surface area contributed by atoms with Crippen molar-refractivity contribution in [3.05, 3.63) is 81.3 Å². The average molecular weight is 406 g/mol. The van der Waals surface area contributed by atoms with Crippen LogP contribution in [0.2, 0.25) is 0 Å². The van der Waals surface area contributed by atoms with Crippen LogP contribution in [0.4, 0.5) is 5.69 Å². The molecule has 0 unspecified atom stereocenters. The van der Waals surface area contributed by atoms with Crippen molar-refractivity contribution in [3.63, 3.8) is 0 Å². The van der Waals surface area contributed by atoms with Crippen LogP contribution in [0.1, 0.15) is 47.4 Å². The van der Waals surface area contributed by atoms with Crippen molar-refractivity contribution in [1.82, 2.24) is 15.8 Å². The first-order valence-electron chi connectivity index (χ1n) is 9.15. The van der Waals surface area contributed by atoms with Gasteiger partial charge in [-0.3, -0.25) is 30.2 Å². The molecule has 1 aromatic carbocycles. The lowest BCUT2D eigenvalue weighted by Crippen LogP contribution is -2.41. The number of carbonyl (C=O) groups excluding carboxylic acids is 3. The zero-order chi connectivity index (χ0) is 20.2. The summed E-state index contributed by atoms with van der Waals surface area (Å²) in [7, 11) is 0. The zero-order valence-electron chi connectivity index (χ0n) is 15.4. The van der Waals surface area contributed by atoms with Crippen LogP contribution in [0.25, 0.3) is 0 Å². The smallest absolute Gasteiger partial charge is 0.279 e. The Kier molecular flexibility index (Phi) is 5.35. The fourth-order valence-electron chi connectivity index (χ4n) is 3.09. The van der Waals surface area contributed by atoms with Gasteiger partial charge in [0.05, 0.1) is 4.88 Å². The molecule has 29 heavy (non-hydrogen) atoms. The van der Waals surface area contributed by atoms with E-state index in [2.05, 4.69) is 21.2 Å². The molecular formula is C21H18N4O3S. The molecule has 0 saturated heterocycles. The predicted octanol–water partition coefficient (Wildman–Crippen LogP) is 2.96. The lowest BCUT2D eigenvalue weighted by atomic mass is 10.2. The minimum atomic E-state index is -0.440. The number of hydrazine groups is 1. The van der Waals surface area contributed by atoms with Crippen molar-refractivity contribution in [1.29, 1.82) is 0 Å². The number of fused-ring (bicyclic) bond motifs is 1. The molecule has 2 heterocycles. The standard InChI is InChI=1S/C21H18N4O3S/c26-19(24-25-21(28)18-12-14-4-3-6-17(14)29-18)13-7-9-15(10-8-13)23-20(27)16-5-1-2-11-22-16/h1-2,5,7-12H,3-4,6H2,(H,23,27)(H,24,26)(H,25,28). The number of aromatic nitrogens is 1. The number of thiophene rings is 1. The van der Waals surface area contributed by atoms with Gasteiger partial charge in [0.1, 0.15) is 5.69 Å². The summed E-state index contributed by atoms with van der Waals surface area (Å²) >= 11 is 1.47. The van der Waals surface area contributed by atoms with Crippen molar-refractivity contribution in [2.24, 2.45) is 0 Å². The summed E-state index contributed by atoms with van der Waals surface area (Å²) in [6.07, 6.45) is 4.70. The van der Waals surface area contributed by atoms with Gasteiger partial charge >= 0.3 is 0 Å². The molecule has 0 fully saturated rings. The molecule has 4 rings (SSSR count). The molecule has 3 N–H and O–H groups in total. The summed E-state index contributed by atoms with van der Waals surface area (Å²) in [4.78, 5) is 42.4. The molecule has 7 nitrogen and oxygen atoms in total. The number of hydrogen-bond acceptors (Lipinski definition) is 5. The first-order valence-corrected chi connectivity index (χ1v) is 9.96. The van der Waals surface area contributed by atoms with Gasteiger partial charge < -0.3 is 5.32 Å². The minimum Gasteiger partial charge on any atom is -0.321 e. The maximum Gasteiger partial charge on any atom is 0.279 e. The molecule has 8 heteroatoms. The number of benzene rings is 1. The third-order valence-corrected chi connectivity index (χ3v) is 5.80. The lowest BCUT2D eigenvalue weighted by molar-refractivity contribution is 0.0849. The van der Waals surface area contributed by atoms with E-state index in [-0.39, 0.29) is 11.8 Å². The molecule has 3 aromatic rings. The third-order valence-electron chi connectivity index (χ3n) is 4.56. The molecule has 3 amide bonds. The lowest BCUT2D eigenvalue weighted by Gasteiger charge is -2.08. The molecule has 0 saturated carbocycles. The predicted molar refractivity (Wildman–Crippen MR) is 110 cm³/mol. The fraction of sp³-hybridized carbons (Fsp3) is 0.143. The van der Waals surface area contributed by atoms with E-state index < -0.39 is 5.91 Å². The van der Waals surface area contributed by atoms with Crippen molar-refractivity contribution < 1.29 is 14.4 Å². The third kappa shape index (κ3) is 4.33. The van der Waals surface area contributed by atoms with E-state index in [0.29, 0.717) is 21.8 Å². The van der Waals surface area contributed by atoms with Gasteiger partial charge in [0, 0.05) is 22.3 Å². The second kappa shape index (κ2) is 8.24. The number of nitrogens with zero attached hydrogens (tertiary/aromatic N) is 1.